The first-order valence-corrected chi connectivity index (χ1v) is 6.54. The number of unbranched alkanes of at least 4 members (excludes halogenated alkanes) is 1. The van der Waals surface area contributed by atoms with Gasteiger partial charge in [-0.05, 0) is 30.0 Å². The van der Waals surface area contributed by atoms with Crippen LogP contribution in [0.3, 0.4) is 0 Å². The van der Waals surface area contributed by atoms with Crippen molar-refractivity contribution in [2.24, 2.45) is 0 Å². The maximum absolute atomic E-state index is 14.0. The van der Waals surface area contributed by atoms with Gasteiger partial charge < -0.3 is 0 Å². The molecule has 0 atom stereocenters. The minimum Gasteiger partial charge on any atom is -0.205 e. The van der Waals surface area contributed by atoms with Gasteiger partial charge in [0.1, 0.15) is 11.9 Å². The van der Waals surface area contributed by atoms with Crippen molar-refractivity contribution in [3.8, 4) is 17.2 Å². The lowest BCUT2D eigenvalue weighted by Gasteiger charge is -2.06. The average molecular weight is 253 g/mol. The second-order valence-electron chi connectivity index (χ2n) is 4.58. The molecule has 0 amide bonds. The predicted molar refractivity (Wildman–Crippen MR) is 75.2 cm³/mol. The Morgan fingerprint density at radius 3 is 2.47 bits per heavy atom. The Balaban J connectivity index is 2.30. The van der Waals surface area contributed by atoms with Gasteiger partial charge >= 0.3 is 0 Å². The first-order chi connectivity index (χ1) is 9.26. The quantitative estimate of drug-likeness (QED) is 0.774. The molecule has 0 spiro atoms. The molecule has 0 saturated heterocycles. The molecule has 2 aromatic carbocycles. The van der Waals surface area contributed by atoms with Crippen LogP contribution in [-0.2, 0) is 6.42 Å². The van der Waals surface area contributed by atoms with Gasteiger partial charge in [-0.15, -0.1) is 0 Å². The van der Waals surface area contributed by atoms with Gasteiger partial charge in [-0.1, -0.05) is 49.7 Å². The SMILES string of the molecule is CCCCc1ccc(-c2cccc(C#N)c2F)cc1. The number of hydrogen-bond acceptors (Lipinski definition) is 1. The summed E-state index contributed by atoms with van der Waals surface area (Å²) in [5.41, 5.74) is 2.66. The number of halogens is 1. The lowest BCUT2D eigenvalue weighted by molar-refractivity contribution is 0.627. The van der Waals surface area contributed by atoms with Gasteiger partial charge in [-0.2, -0.15) is 5.26 Å². The molecule has 0 bridgehead atoms. The summed E-state index contributed by atoms with van der Waals surface area (Å²) in [4.78, 5) is 0. The maximum Gasteiger partial charge on any atom is 0.148 e. The Labute approximate surface area is 113 Å². The highest BCUT2D eigenvalue weighted by atomic mass is 19.1. The predicted octanol–water partition coefficient (Wildman–Crippen LogP) is 4.71. The van der Waals surface area contributed by atoms with Gasteiger partial charge in [0.15, 0.2) is 0 Å². The van der Waals surface area contributed by atoms with Crippen LogP contribution >= 0.6 is 0 Å². The highest BCUT2D eigenvalue weighted by Gasteiger charge is 2.09. The van der Waals surface area contributed by atoms with Gasteiger partial charge in [0.25, 0.3) is 0 Å². The smallest absolute Gasteiger partial charge is 0.148 e. The summed E-state index contributed by atoms with van der Waals surface area (Å²) in [6.07, 6.45) is 3.38. The van der Waals surface area contributed by atoms with Crippen molar-refractivity contribution in [2.75, 3.05) is 0 Å². The van der Waals surface area contributed by atoms with Crippen LogP contribution in [-0.4, -0.2) is 0 Å². The first kappa shape index (κ1) is 13.3. The molecule has 0 aliphatic heterocycles. The number of hydrogen-bond donors (Lipinski definition) is 0. The molecule has 0 aliphatic carbocycles. The van der Waals surface area contributed by atoms with Crippen molar-refractivity contribution in [1.29, 1.82) is 5.26 Å². The van der Waals surface area contributed by atoms with E-state index < -0.39 is 5.82 Å². The molecule has 0 heterocycles. The summed E-state index contributed by atoms with van der Waals surface area (Å²) < 4.78 is 14.0. The number of benzene rings is 2. The Kier molecular flexibility index (Phi) is 4.30. The van der Waals surface area contributed by atoms with E-state index in [9.17, 15) is 4.39 Å². The van der Waals surface area contributed by atoms with Crippen LogP contribution in [0, 0.1) is 17.1 Å². The molecule has 2 rings (SSSR count). The second-order valence-corrected chi connectivity index (χ2v) is 4.58. The summed E-state index contributed by atoms with van der Waals surface area (Å²) >= 11 is 0. The van der Waals surface area contributed by atoms with Gasteiger partial charge in [0, 0.05) is 5.56 Å². The molecular formula is C17H16FN. The Hall–Kier alpha value is -2.14. The molecule has 0 aliphatic rings. The normalized spacial score (nSPS) is 10.2. The highest BCUT2D eigenvalue weighted by molar-refractivity contribution is 5.66. The Morgan fingerprint density at radius 1 is 1.11 bits per heavy atom. The summed E-state index contributed by atoms with van der Waals surface area (Å²) in [6.45, 7) is 2.16. The van der Waals surface area contributed by atoms with Gasteiger partial charge in [0.05, 0.1) is 5.56 Å². The van der Waals surface area contributed by atoms with Crippen LogP contribution in [0.25, 0.3) is 11.1 Å². The maximum atomic E-state index is 14.0. The lowest BCUT2D eigenvalue weighted by Crippen LogP contribution is -1.90. The van der Waals surface area contributed by atoms with Crippen molar-refractivity contribution in [2.45, 2.75) is 26.2 Å². The van der Waals surface area contributed by atoms with E-state index in [0.717, 1.165) is 18.4 Å². The fraction of sp³-hybridized carbons (Fsp3) is 0.235. The molecule has 2 heteroatoms. The third-order valence-corrected chi connectivity index (χ3v) is 3.20. The monoisotopic (exact) mass is 253 g/mol. The summed E-state index contributed by atoms with van der Waals surface area (Å²) in [5, 5.41) is 8.84. The zero-order valence-electron chi connectivity index (χ0n) is 11.0. The van der Waals surface area contributed by atoms with Crippen molar-refractivity contribution < 1.29 is 4.39 Å². The molecular weight excluding hydrogens is 237 g/mol. The van der Waals surface area contributed by atoms with Crippen molar-refractivity contribution in [1.82, 2.24) is 0 Å². The molecule has 0 N–H and O–H groups in total. The van der Waals surface area contributed by atoms with Gasteiger partial charge in [-0.25, -0.2) is 4.39 Å². The zero-order chi connectivity index (χ0) is 13.7. The summed E-state index contributed by atoms with van der Waals surface area (Å²) in [7, 11) is 0. The van der Waals surface area contributed by atoms with Crippen LogP contribution in [0.2, 0.25) is 0 Å². The van der Waals surface area contributed by atoms with E-state index in [0.29, 0.717) is 5.56 Å². The number of nitrogens with zero attached hydrogens (tertiary/aromatic N) is 1. The second kappa shape index (κ2) is 6.15. The number of aryl methyl sites for hydroxylation is 1. The standard InChI is InChI=1S/C17H16FN/c1-2-3-5-13-8-10-14(11-9-13)16-7-4-6-15(12-19)17(16)18/h4,6-11H,2-3,5H2,1H3. The third kappa shape index (κ3) is 3.00. The van der Waals surface area contributed by atoms with Crippen LogP contribution in [0.5, 0.6) is 0 Å². The first-order valence-electron chi connectivity index (χ1n) is 6.54. The zero-order valence-corrected chi connectivity index (χ0v) is 11.0. The minimum atomic E-state index is -0.439. The van der Waals surface area contributed by atoms with Crippen molar-refractivity contribution in [3.63, 3.8) is 0 Å². The summed E-state index contributed by atoms with van der Waals surface area (Å²) in [5.74, 6) is -0.439. The molecule has 0 fully saturated rings. The topological polar surface area (TPSA) is 23.8 Å². The van der Waals surface area contributed by atoms with E-state index in [4.69, 9.17) is 5.26 Å². The minimum absolute atomic E-state index is 0.0903. The van der Waals surface area contributed by atoms with E-state index in [1.807, 2.05) is 30.3 Å². The van der Waals surface area contributed by atoms with E-state index in [2.05, 4.69) is 6.92 Å². The molecule has 0 unspecified atom stereocenters. The molecule has 0 aromatic heterocycles. The summed E-state index contributed by atoms with van der Waals surface area (Å²) in [6, 6.07) is 14.7. The third-order valence-electron chi connectivity index (χ3n) is 3.20. The van der Waals surface area contributed by atoms with Crippen LogP contribution in [0.1, 0.15) is 30.9 Å². The molecule has 19 heavy (non-hydrogen) atoms. The molecule has 96 valence electrons. The van der Waals surface area contributed by atoms with Gasteiger partial charge in [-0.3, -0.25) is 0 Å². The molecule has 2 aromatic rings. The highest BCUT2D eigenvalue weighted by Crippen LogP contribution is 2.25. The van der Waals surface area contributed by atoms with Crippen molar-refractivity contribution >= 4 is 0 Å². The Morgan fingerprint density at radius 2 is 1.84 bits per heavy atom. The fourth-order valence-corrected chi connectivity index (χ4v) is 2.07. The number of nitriles is 1. The van der Waals surface area contributed by atoms with Gasteiger partial charge in [0.2, 0.25) is 0 Å². The van der Waals surface area contributed by atoms with E-state index in [1.165, 1.54) is 18.1 Å². The molecule has 0 radical (unpaired) electrons. The van der Waals surface area contributed by atoms with Crippen molar-refractivity contribution in [3.05, 3.63) is 59.4 Å². The van der Waals surface area contributed by atoms with Crippen LogP contribution < -0.4 is 0 Å². The number of rotatable bonds is 4. The van der Waals surface area contributed by atoms with Crippen LogP contribution in [0.4, 0.5) is 4.39 Å². The van der Waals surface area contributed by atoms with E-state index in [-0.39, 0.29) is 5.56 Å². The Bertz CT molecular complexity index is 594. The van der Waals surface area contributed by atoms with E-state index in [1.54, 1.807) is 12.1 Å². The molecule has 0 saturated carbocycles. The lowest BCUT2D eigenvalue weighted by atomic mass is 10.00. The van der Waals surface area contributed by atoms with E-state index >= 15 is 0 Å². The molecule has 1 nitrogen and oxygen atoms in total. The largest absolute Gasteiger partial charge is 0.205 e. The fourth-order valence-electron chi connectivity index (χ4n) is 2.07. The van der Waals surface area contributed by atoms with Crippen LogP contribution in [0.15, 0.2) is 42.5 Å². The average Bonchev–Trinajstić information content (AvgIpc) is 2.46.